The van der Waals surface area contributed by atoms with Crippen molar-refractivity contribution in [2.45, 2.75) is 0 Å². The van der Waals surface area contributed by atoms with Gasteiger partial charge >= 0.3 is 0 Å². The van der Waals surface area contributed by atoms with Crippen molar-refractivity contribution in [3.63, 3.8) is 0 Å². The van der Waals surface area contributed by atoms with Gasteiger partial charge in [0.2, 0.25) is 0 Å². The molecule has 0 saturated heterocycles. The van der Waals surface area contributed by atoms with Crippen molar-refractivity contribution in [3.8, 4) is 0 Å². The first-order valence-corrected chi connectivity index (χ1v) is 6.30. The van der Waals surface area contributed by atoms with E-state index in [0.29, 0.717) is 23.1 Å². The predicted octanol–water partition coefficient (Wildman–Crippen LogP) is 2.98. The topological polar surface area (TPSA) is 66.9 Å². The van der Waals surface area contributed by atoms with Gasteiger partial charge in [-0.05, 0) is 24.3 Å². The van der Waals surface area contributed by atoms with E-state index >= 15 is 0 Å². The summed E-state index contributed by atoms with van der Waals surface area (Å²) in [5.41, 5.74) is 0.931. The highest BCUT2D eigenvalue weighted by molar-refractivity contribution is 6.30. The van der Waals surface area contributed by atoms with Gasteiger partial charge in [0.1, 0.15) is 17.8 Å². The van der Waals surface area contributed by atoms with E-state index in [1.54, 1.807) is 36.4 Å². The number of halogens is 1. The quantitative estimate of drug-likeness (QED) is 0.830. The van der Waals surface area contributed by atoms with Gasteiger partial charge in [0, 0.05) is 23.3 Å². The zero-order valence-corrected chi connectivity index (χ0v) is 11.4. The number of benzene rings is 1. The maximum absolute atomic E-state index is 12.0. The maximum atomic E-state index is 12.0. The van der Waals surface area contributed by atoms with E-state index in [9.17, 15) is 4.79 Å². The van der Waals surface area contributed by atoms with Gasteiger partial charge in [-0.25, -0.2) is 9.97 Å². The molecule has 2 rings (SSSR count). The fourth-order valence-corrected chi connectivity index (χ4v) is 1.61. The molecular weight excluding hydrogens is 276 g/mol. The minimum absolute atomic E-state index is 0.279. The summed E-state index contributed by atoms with van der Waals surface area (Å²) in [5.74, 6) is 0.262. The molecule has 1 heterocycles. The number of hydrogen-bond acceptors (Lipinski definition) is 4. The van der Waals surface area contributed by atoms with Gasteiger partial charge in [-0.2, -0.15) is 0 Å². The molecule has 0 saturated carbocycles. The largest absolute Gasteiger partial charge is 0.366 e. The normalized spacial score (nSPS) is 9.85. The number of hydrogen-bond donors (Lipinski definition) is 2. The summed E-state index contributed by atoms with van der Waals surface area (Å²) in [5, 5.41) is 6.34. The Balaban J connectivity index is 2.08. The third-order valence-corrected chi connectivity index (χ3v) is 2.68. The van der Waals surface area contributed by atoms with Crippen LogP contribution in [0.1, 0.15) is 10.5 Å². The van der Waals surface area contributed by atoms with Gasteiger partial charge in [0.25, 0.3) is 5.91 Å². The van der Waals surface area contributed by atoms with Gasteiger partial charge in [-0.15, -0.1) is 6.58 Å². The Morgan fingerprint density at radius 1 is 1.30 bits per heavy atom. The minimum Gasteiger partial charge on any atom is -0.366 e. The van der Waals surface area contributed by atoms with Gasteiger partial charge in [0.05, 0.1) is 0 Å². The lowest BCUT2D eigenvalue weighted by Gasteiger charge is -2.06. The standard InChI is InChI=1S/C14H13ClN4O/c1-2-7-16-13-8-12(17-9-18-13)14(20)19-11-5-3-10(15)4-6-11/h2-6,8-9H,1,7H2,(H,19,20)(H,16,17,18). The summed E-state index contributed by atoms with van der Waals surface area (Å²) in [6.45, 7) is 4.16. The third kappa shape index (κ3) is 3.80. The van der Waals surface area contributed by atoms with Crippen LogP contribution >= 0.6 is 11.6 Å². The van der Waals surface area contributed by atoms with E-state index < -0.39 is 0 Å². The lowest BCUT2D eigenvalue weighted by molar-refractivity contribution is 0.102. The second kappa shape index (κ2) is 6.68. The molecule has 5 nitrogen and oxygen atoms in total. The Bertz CT molecular complexity index is 613. The van der Waals surface area contributed by atoms with Crippen molar-refractivity contribution in [2.75, 3.05) is 17.2 Å². The van der Waals surface area contributed by atoms with Crippen LogP contribution in [0.25, 0.3) is 0 Å². The average Bonchev–Trinajstić information content (AvgIpc) is 2.48. The number of nitrogens with zero attached hydrogens (tertiary/aromatic N) is 2. The summed E-state index contributed by atoms with van der Waals surface area (Å²) >= 11 is 5.78. The van der Waals surface area contributed by atoms with Crippen LogP contribution in [-0.4, -0.2) is 22.4 Å². The number of rotatable bonds is 5. The van der Waals surface area contributed by atoms with Crippen LogP contribution in [0.15, 0.2) is 49.3 Å². The van der Waals surface area contributed by atoms with Crippen LogP contribution in [0.4, 0.5) is 11.5 Å². The smallest absolute Gasteiger partial charge is 0.274 e. The molecule has 102 valence electrons. The monoisotopic (exact) mass is 288 g/mol. The summed E-state index contributed by atoms with van der Waals surface area (Å²) in [7, 11) is 0. The number of amides is 1. The van der Waals surface area contributed by atoms with Gasteiger partial charge < -0.3 is 10.6 Å². The molecule has 1 aromatic carbocycles. The predicted molar refractivity (Wildman–Crippen MR) is 80.1 cm³/mol. The lowest BCUT2D eigenvalue weighted by atomic mass is 10.3. The Labute approximate surface area is 121 Å². The molecule has 0 aliphatic heterocycles. The summed E-state index contributed by atoms with van der Waals surface area (Å²) in [6, 6.07) is 8.42. The fourth-order valence-electron chi connectivity index (χ4n) is 1.48. The van der Waals surface area contributed by atoms with E-state index in [1.807, 2.05) is 0 Å². The zero-order valence-electron chi connectivity index (χ0n) is 10.6. The molecule has 0 aliphatic rings. The molecule has 1 amide bonds. The molecule has 1 aromatic heterocycles. The Morgan fingerprint density at radius 3 is 2.75 bits per heavy atom. The molecular formula is C14H13ClN4O. The highest BCUT2D eigenvalue weighted by Gasteiger charge is 2.08. The van der Waals surface area contributed by atoms with Gasteiger partial charge in [0.15, 0.2) is 0 Å². The van der Waals surface area contributed by atoms with Crippen LogP contribution in [-0.2, 0) is 0 Å². The first-order chi connectivity index (χ1) is 9.69. The maximum Gasteiger partial charge on any atom is 0.274 e. The van der Waals surface area contributed by atoms with Crippen LogP contribution in [0, 0.1) is 0 Å². The molecule has 2 aromatic rings. The van der Waals surface area contributed by atoms with E-state index in [0.717, 1.165) is 0 Å². The highest BCUT2D eigenvalue weighted by atomic mass is 35.5. The van der Waals surface area contributed by atoms with Crippen LogP contribution in [0.2, 0.25) is 5.02 Å². The van der Waals surface area contributed by atoms with Crippen molar-refractivity contribution in [2.24, 2.45) is 0 Å². The van der Waals surface area contributed by atoms with Crippen molar-refractivity contribution in [1.29, 1.82) is 0 Å². The van der Waals surface area contributed by atoms with E-state index in [2.05, 4.69) is 27.2 Å². The fraction of sp³-hybridized carbons (Fsp3) is 0.0714. The Kier molecular flexibility index (Phi) is 4.68. The van der Waals surface area contributed by atoms with Gasteiger partial charge in [-0.3, -0.25) is 4.79 Å². The zero-order chi connectivity index (χ0) is 14.4. The molecule has 0 atom stereocenters. The third-order valence-electron chi connectivity index (χ3n) is 2.43. The van der Waals surface area contributed by atoms with E-state index in [1.165, 1.54) is 6.33 Å². The molecule has 20 heavy (non-hydrogen) atoms. The number of carbonyl (C=O) groups excluding carboxylic acids is 1. The molecule has 0 fully saturated rings. The van der Waals surface area contributed by atoms with Crippen LogP contribution in [0.5, 0.6) is 0 Å². The van der Waals surface area contributed by atoms with E-state index in [4.69, 9.17) is 11.6 Å². The number of aromatic nitrogens is 2. The molecule has 6 heteroatoms. The molecule has 0 spiro atoms. The number of carbonyl (C=O) groups is 1. The number of anilines is 2. The molecule has 2 N–H and O–H groups in total. The van der Waals surface area contributed by atoms with Crippen molar-refractivity contribution in [1.82, 2.24) is 9.97 Å². The molecule has 0 unspecified atom stereocenters. The SMILES string of the molecule is C=CCNc1cc(C(=O)Nc2ccc(Cl)cc2)ncn1. The highest BCUT2D eigenvalue weighted by Crippen LogP contribution is 2.14. The minimum atomic E-state index is -0.309. The van der Waals surface area contributed by atoms with Gasteiger partial charge in [-0.1, -0.05) is 17.7 Å². The first kappa shape index (κ1) is 14.0. The summed E-state index contributed by atoms with van der Waals surface area (Å²) < 4.78 is 0. The van der Waals surface area contributed by atoms with Crippen molar-refractivity contribution >= 4 is 29.0 Å². The summed E-state index contributed by atoms with van der Waals surface area (Å²) in [4.78, 5) is 20.0. The first-order valence-electron chi connectivity index (χ1n) is 5.93. The molecule has 0 radical (unpaired) electrons. The second-order valence-electron chi connectivity index (χ2n) is 3.92. The van der Waals surface area contributed by atoms with Crippen molar-refractivity contribution < 1.29 is 4.79 Å². The molecule has 0 bridgehead atoms. The lowest BCUT2D eigenvalue weighted by Crippen LogP contribution is -2.14. The number of nitrogens with one attached hydrogen (secondary N) is 2. The Hall–Kier alpha value is -2.40. The molecule has 0 aliphatic carbocycles. The van der Waals surface area contributed by atoms with Crippen LogP contribution < -0.4 is 10.6 Å². The van der Waals surface area contributed by atoms with Crippen molar-refractivity contribution in [3.05, 3.63) is 60.0 Å². The summed E-state index contributed by atoms with van der Waals surface area (Å²) in [6.07, 6.45) is 3.04. The Morgan fingerprint density at radius 2 is 2.05 bits per heavy atom. The average molecular weight is 289 g/mol. The van der Waals surface area contributed by atoms with Crippen LogP contribution in [0.3, 0.4) is 0 Å². The van der Waals surface area contributed by atoms with E-state index in [-0.39, 0.29) is 11.6 Å². The second-order valence-corrected chi connectivity index (χ2v) is 4.36.